The Balaban J connectivity index is 2.10. The molecule has 0 aromatic heterocycles. The highest BCUT2D eigenvalue weighted by Crippen LogP contribution is 2.24. The highest BCUT2D eigenvalue weighted by Gasteiger charge is 2.01. The Labute approximate surface area is 158 Å². The van der Waals surface area contributed by atoms with Crippen LogP contribution >= 0.6 is 35.1 Å². The maximum Gasteiger partial charge on any atom is 0.0972 e. The van der Waals surface area contributed by atoms with Crippen molar-refractivity contribution in [3.8, 4) is 0 Å². The summed E-state index contributed by atoms with van der Waals surface area (Å²) in [5, 5.41) is 3.87. The number of hydrogen-bond donors (Lipinski definition) is 0. The summed E-state index contributed by atoms with van der Waals surface area (Å²) in [4.78, 5) is 5.90. The van der Waals surface area contributed by atoms with Gasteiger partial charge in [0.15, 0.2) is 0 Å². The number of thioether (sulfide) groups is 2. The molecule has 2 aromatic rings. The van der Waals surface area contributed by atoms with E-state index in [9.17, 15) is 0 Å². The normalized spacial score (nSPS) is 12.3. The standard InChI is InChI=1S/C20H22ClNS2/c1-15(2)14-24-20(22-18-9-7-16(3)8-10-18)11-12-23-19-6-4-5-17(21)13-19/h4-13,15H,14H2,1-3H3. The van der Waals surface area contributed by atoms with Gasteiger partial charge in [-0.2, -0.15) is 0 Å². The molecule has 0 heterocycles. The summed E-state index contributed by atoms with van der Waals surface area (Å²) in [6, 6.07) is 16.2. The van der Waals surface area contributed by atoms with Crippen LogP contribution in [0.25, 0.3) is 0 Å². The Kier molecular flexibility index (Phi) is 7.97. The molecule has 0 radical (unpaired) electrons. The molecular weight excluding hydrogens is 354 g/mol. The zero-order valence-electron chi connectivity index (χ0n) is 14.2. The monoisotopic (exact) mass is 375 g/mol. The van der Waals surface area contributed by atoms with E-state index in [1.807, 2.05) is 18.2 Å². The topological polar surface area (TPSA) is 12.4 Å². The summed E-state index contributed by atoms with van der Waals surface area (Å²) in [7, 11) is 0. The van der Waals surface area contributed by atoms with Crippen LogP contribution in [-0.2, 0) is 0 Å². The molecule has 0 unspecified atom stereocenters. The second-order valence-corrected chi connectivity index (χ2v) is 8.32. The molecule has 2 aromatic carbocycles. The van der Waals surface area contributed by atoms with Crippen molar-refractivity contribution in [3.05, 3.63) is 70.6 Å². The SMILES string of the molecule is Cc1ccc(N=C(C=CSc2cccc(Cl)c2)SCC(C)C)cc1. The number of aryl methyl sites for hydroxylation is 1. The van der Waals surface area contributed by atoms with Crippen molar-refractivity contribution in [2.24, 2.45) is 10.9 Å². The van der Waals surface area contributed by atoms with E-state index in [0.29, 0.717) is 5.92 Å². The van der Waals surface area contributed by atoms with Gasteiger partial charge in [0.1, 0.15) is 0 Å². The number of aliphatic imine (C=N–C) groups is 1. The Hall–Kier alpha value is -1.16. The first-order valence-electron chi connectivity index (χ1n) is 7.90. The molecule has 0 aliphatic rings. The third-order valence-corrected chi connectivity index (χ3v) is 5.44. The molecule has 24 heavy (non-hydrogen) atoms. The molecule has 0 saturated heterocycles. The molecule has 0 spiro atoms. The maximum absolute atomic E-state index is 6.03. The minimum Gasteiger partial charge on any atom is -0.242 e. The van der Waals surface area contributed by atoms with Crippen LogP contribution in [0.3, 0.4) is 0 Å². The van der Waals surface area contributed by atoms with Gasteiger partial charge in [0.25, 0.3) is 0 Å². The van der Waals surface area contributed by atoms with E-state index >= 15 is 0 Å². The smallest absolute Gasteiger partial charge is 0.0972 e. The zero-order valence-corrected chi connectivity index (χ0v) is 16.6. The first-order chi connectivity index (χ1) is 11.5. The van der Waals surface area contributed by atoms with Crippen molar-refractivity contribution in [2.45, 2.75) is 25.7 Å². The van der Waals surface area contributed by atoms with Gasteiger partial charge in [-0.1, -0.05) is 61.0 Å². The van der Waals surface area contributed by atoms with Gasteiger partial charge in [0, 0.05) is 15.7 Å². The lowest BCUT2D eigenvalue weighted by Crippen LogP contribution is -1.95. The molecule has 4 heteroatoms. The summed E-state index contributed by atoms with van der Waals surface area (Å²) in [5.74, 6) is 1.68. The lowest BCUT2D eigenvalue weighted by molar-refractivity contribution is 0.752. The Bertz CT molecular complexity index is 706. The molecule has 126 valence electrons. The highest BCUT2D eigenvalue weighted by atomic mass is 35.5. The molecule has 0 N–H and O–H groups in total. The minimum atomic E-state index is 0.632. The van der Waals surface area contributed by atoms with Gasteiger partial charge in [-0.15, -0.1) is 11.8 Å². The van der Waals surface area contributed by atoms with Crippen molar-refractivity contribution < 1.29 is 0 Å². The largest absolute Gasteiger partial charge is 0.242 e. The molecule has 0 amide bonds. The molecule has 0 bridgehead atoms. The summed E-state index contributed by atoms with van der Waals surface area (Å²) in [6.07, 6.45) is 2.08. The lowest BCUT2D eigenvalue weighted by Gasteiger charge is -2.05. The molecule has 0 atom stereocenters. The van der Waals surface area contributed by atoms with Gasteiger partial charge < -0.3 is 0 Å². The van der Waals surface area contributed by atoms with Crippen LogP contribution in [-0.4, -0.2) is 10.8 Å². The van der Waals surface area contributed by atoms with E-state index in [1.54, 1.807) is 23.5 Å². The second kappa shape index (κ2) is 9.97. The van der Waals surface area contributed by atoms with E-state index in [-0.39, 0.29) is 0 Å². The van der Waals surface area contributed by atoms with Crippen LogP contribution < -0.4 is 0 Å². The highest BCUT2D eigenvalue weighted by molar-refractivity contribution is 8.14. The van der Waals surface area contributed by atoms with Crippen LogP contribution in [0.5, 0.6) is 0 Å². The molecule has 1 nitrogen and oxygen atoms in total. The van der Waals surface area contributed by atoms with Crippen LogP contribution in [0.1, 0.15) is 19.4 Å². The van der Waals surface area contributed by atoms with Gasteiger partial charge in [-0.3, -0.25) is 0 Å². The molecule has 0 fully saturated rings. The summed E-state index contributed by atoms with van der Waals surface area (Å²) in [5.41, 5.74) is 2.24. The number of rotatable bonds is 6. The zero-order chi connectivity index (χ0) is 17.4. The van der Waals surface area contributed by atoms with Gasteiger partial charge >= 0.3 is 0 Å². The van der Waals surface area contributed by atoms with E-state index in [0.717, 1.165) is 26.4 Å². The summed E-state index contributed by atoms with van der Waals surface area (Å²) in [6.45, 7) is 6.53. The fraction of sp³-hybridized carbons (Fsp3) is 0.250. The van der Waals surface area contributed by atoms with Gasteiger partial charge in [0.05, 0.1) is 10.7 Å². The van der Waals surface area contributed by atoms with Crippen molar-refractivity contribution in [1.82, 2.24) is 0 Å². The summed E-state index contributed by atoms with van der Waals surface area (Å²) < 4.78 is 0. The predicted octanol–water partition coefficient (Wildman–Crippen LogP) is 7.37. The quantitative estimate of drug-likeness (QED) is 0.296. The van der Waals surface area contributed by atoms with Crippen molar-refractivity contribution in [3.63, 3.8) is 0 Å². The van der Waals surface area contributed by atoms with Crippen LogP contribution in [0, 0.1) is 12.8 Å². The minimum absolute atomic E-state index is 0.632. The molecule has 2 rings (SSSR count). The van der Waals surface area contributed by atoms with Crippen molar-refractivity contribution in [1.29, 1.82) is 0 Å². The predicted molar refractivity (Wildman–Crippen MR) is 112 cm³/mol. The van der Waals surface area contributed by atoms with E-state index < -0.39 is 0 Å². The van der Waals surface area contributed by atoms with Crippen molar-refractivity contribution >= 4 is 45.9 Å². The molecule has 0 aliphatic carbocycles. The van der Waals surface area contributed by atoms with E-state index in [2.05, 4.69) is 62.6 Å². The number of hydrogen-bond acceptors (Lipinski definition) is 3. The Morgan fingerprint density at radius 3 is 2.58 bits per heavy atom. The Morgan fingerprint density at radius 1 is 1.17 bits per heavy atom. The lowest BCUT2D eigenvalue weighted by atomic mass is 10.2. The first-order valence-corrected chi connectivity index (χ1v) is 10.1. The molecule has 0 saturated carbocycles. The third kappa shape index (κ3) is 7.16. The maximum atomic E-state index is 6.03. The Morgan fingerprint density at radius 2 is 1.92 bits per heavy atom. The van der Waals surface area contributed by atoms with E-state index in [1.165, 1.54) is 5.56 Å². The fourth-order valence-electron chi connectivity index (χ4n) is 1.83. The summed E-state index contributed by atoms with van der Waals surface area (Å²) >= 11 is 9.47. The van der Waals surface area contributed by atoms with Gasteiger partial charge in [0.2, 0.25) is 0 Å². The number of nitrogens with zero attached hydrogens (tertiary/aromatic N) is 1. The van der Waals surface area contributed by atoms with Crippen LogP contribution in [0.15, 0.2) is 69.9 Å². The van der Waals surface area contributed by atoms with Crippen LogP contribution in [0.4, 0.5) is 5.69 Å². The average Bonchev–Trinajstić information content (AvgIpc) is 2.54. The van der Waals surface area contributed by atoms with Crippen molar-refractivity contribution in [2.75, 3.05) is 5.75 Å². The number of halogens is 1. The van der Waals surface area contributed by atoms with Gasteiger partial charge in [-0.05, 0) is 54.7 Å². The number of benzene rings is 2. The third-order valence-electron chi connectivity index (χ3n) is 3.05. The van der Waals surface area contributed by atoms with Crippen LogP contribution in [0.2, 0.25) is 5.02 Å². The second-order valence-electron chi connectivity index (χ2n) is 5.87. The fourth-order valence-corrected chi connectivity index (χ4v) is 3.71. The first kappa shape index (κ1) is 19.2. The molecule has 0 aliphatic heterocycles. The molecular formula is C20H22ClNS2. The van der Waals surface area contributed by atoms with Gasteiger partial charge in [-0.25, -0.2) is 4.99 Å². The van der Waals surface area contributed by atoms with E-state index in [4.69, 9.17) is 16.6 Å². The average molecular weight is 376 g/mol.